The lowest BCUT2D eigenvalue weighted by Crippen LogP contribution is -2.35. The van der Waals surface area contributed by atoms with E-state index in [9.17, 15) is 4.91 Å². The lowest BCUT2D eigenvalue weighted by atomic mass is 10.1. The van der Waals surface area contributed by atoms with Gasteiger partial charge in [0.05, 0.1) is 17.4 Å². The molecule has 13 heavy (non-hydrogen) atoms. The summed E-state index contributed by atoms with van der Waals surface area (Å²) in [5, 5.41) is 5.11. The summed E-state index contributed by atoms with van der Waals surface area (Å²) in [6.45, 7) is 0. The van der Waals surface area contributed by atoms with Gasteiger partial charge in [-0.05, 0) is 25.7 Å². The van der Waals surface area contributed by atoms with Crippen molar-refractivity contribution in [2.45, 2.75) is 63.5 Å². The van der Waals surface area contributed by atoms with Crippen LogP contribution in [0.25, 0.3) is 0 Å². The van der Waals surface area contributed by atoms with Gasteiger partial charge in [0.15, 0.2) is 0 Å². The van der Waals surface area contributed by atoms with E-state index in [2.05, 4.69) is 5.29 Å². The van der Waals surface area contributed by atoms with E-state index in [0.717, 1.165) is 0 Å². The third-order valence-corrected chi connectivity index (χ3v) is 3.49. The second-order valence-electron chi connectivity index (χ2n) is 4.34. The van der Waals surface area contributed by atoms with Gasteiger partial charge in [-0.25, -0.2) is 0 Å². The van der Waals surface area contributed by atoms with E-state index in [0.29, 0.717) is 12.1 Å². The Morgan fingerprint density at radius 2 is 1.23 bits per heavy atom. The zero-order chi connectivity index (χ0) is 9.10. The van der Waals surface area contributed by atoms with Crippen LogP contribution in [0.1, 0.15) is 51.4 Å². The van der Waals surface area contributed by atoms with Crippen LogP contribution in [0, 0.1) is 4.91 Å². The molecule has 0 atom stereocenters. The minimum absolute atomic E-state index is 0.473. The number of nitrogens with zero attached hydrogens (tertiary/aromatic N) is 2. The molecule has 0 spiro atoms. The smallest absolute Gasteiger partial charge is 0.0529 e. The average molecular weight is 182 g/mol. The molecule has 0 saturated heterocycles. The Morgan fingerprint density at radius 1 is 0.846 bits per heavy atom. The molecule has 0 aromatic carbocycles. The molecule has 3 nitrogen and oxygen atoms in total. The number of hydrogen-bond donors (Lipinski definition) is 0. The fraction of sp³-hybridized carbons (Fsp3) is 1.00. The predicted octanol–water partition coefficient (Wildman–Crippen LogP) is 2.86. The quantitative estimate of drug-likeness (QED) is 0.496. The van der Waals surface area contributed by atoms with E-state index in [1.54, 1.807) is 0 Å². The van der Waals surface area contributed by atoms with E-state index >= 15 is 0 Å². The maximum absolute atomic E-state index is 10.8. The number of hydrogen-bond acceptors (Lipinski definition) is 2. The first-order chi connectivity index (χ1) is 6.42. The average Bonchev–Trinajstić information content (AvgIpc) is 2.76. The molecule has 74 valence electrons. The highest BCUT2D eigenvalue weighted by molar-refractivity contribution is 4.83. The maximum atomic E-state index is 10.8. The predicted molar refractivity (Wildman–Crippen MR) is 52.1 cm³/mol. The van der Waals surface area contributed by atoms with Gasteiger partial charge in [0, 0.05) is 0 Å². The first-order valence-electron chi connectivity index (χ1n) is 5.53. The first-order valence-corrected chi connectivity index (χ1v) is 5.53. The van der Waals surface area contributed by atoms with Gasteiger partial charge in [-0.15, -0.1) is 4.91 Å². The number of rotatable bonds is 3. The molecule has 0 bridgehead atoms. The summed E-state index contributed by atoms with van der Waals surface area (Å²) in [6.07, 6.45) is 9.86. The van der Waals surface area contributed by atoms with Crippen molar-refractivity contribution in [3.05, 3.63) is 4.91 Å². The molecule has 0 N–H and O–H groups in total. The molecular formula is C10H18N2O. The van der Waals surface area contributed by atoms with E-state index < -0.39 is 0 Å². The van der Waals surface area contributed by atoms with Crippen molar-refractivity contribution in [2.75, 3.05) is 0 Å². The number of nitroso groups, excluding NO2 is 1. The van der Waals surface area contributed by atoms with E-state index in [-0.39, 0.29) is 0 Å². The van der Waals surface area contributed by atoms with Crippen molar-refractivity contribution in [1.29, 1.82) is 0 Å². The molecular weight excluding hydrogens is 164 g/mol. The highest BCUT2D eigenvalue weighted by Crippen LogP contribution is 2.31. The fourth-order valence-electron chi connectivity index (χ4n) is 2.77. The van der Waals surface area contributed by atoms with Crippen molar-refractivity contribution in [2.24, 2.45) is 5.29 Å². The second kappa shape index (κ2) is 4.07. The van der Waals surface area contributed by atoms with Gasteiger partial charge >= 0.3 is 0 Å². The molecule has 2 saturated carbocycles. The minimum atomic E-state index is 0.473. The van der Waals surface area contributed by atoms with Crippen LogP contribution in [0.15, 0.2) is 5.29 Å². The summed E-state index contributed by atoms with van der Waals surface area (Å²) in [5.74, 6) is 0. The summed E-state index contributed by atoms with van der Waals surface area (Å²) in [6, 6.07) is 0.946. The Morgan fingerprint density at radius 3 is 1.54 bits per heavy atom. The van der Waals surface area contributed by atoms with Crippen molar-refractivity contribution in [3.63, 3.8) is 0 Å². The Bertz CT molecular complexity index is 156. The van der Waals surface area contributed by atoms with Crippen molar-refractivity contribution < 1.29 is 0 Å². The lowest BCUT2D eigenvalue weighted by molar-refractivity contribution is 0.140. The van der Waals surface area contributed by atoms with Crippen molar-refractivity contribution in [1.82, 2.24) is 5.01 Å². The van der Waals surface area contributed by atoms with Gasteiger partial charge < -0.3 is 0 Å². The van der Waals surface area contributed by atoms with Gasteiger partial charge in [-0.3, -0.25) is 5.01 Å². The Balaban J connectivity index is 1.94. The van der Waals surface area contributed by atoms with Gasteiger partial charge in [0.2, 0.25) is 0 Å². The Hall–Kier alpha value is -0.600. The van der Waals surface area contributed by atoms with Crippen LogP contribution < -0.4 is 0 Å². The second-order valence-corrected chi connectivity index (χ2v) is 4.34. The van der Waals surface area contributed by atoms with Gasteiger partial charge in [-0.2, -0.15) is 0 Å². The molecule has 2 fully saturated rings. The summed E-state index contributed by atoms with van der Waals surface area (Å²) in [4.78, 5) is 10.8. The summed E-state index contributed by atoms with van der Waals surface area (Å²) in [5.41, 5.74) is 0. The van der Waals surface area contributed by atoms with Crippen LogP contribution in [0.4, 0.5) is 0 Å². The molecule has 0 unspecified atom stereocenters. The molecule has 0 aromatic rings. The molecule has 0 radical (unpaired) electrons. The molecule has 0 heterocycles. The summed E-state index contributed by atoms with van der Waals surface area (Å²) in [7, 11) is 0. The summed E-state index contributed by atoms with van der Waals surface area (Å²) >= 11 is 0. The standard InChI is InChI=1S/C10H18N2O/c13-11-12(9-5-1-2-6-9)10-7-3-4-8-10/h9-10H,1-8H2. The third-order valence-electron chi connectivity index (χ3n) is 3.49. The molecule has 2 aliphatic carbocycles. The minimum Gasteiger partial charge on any atom is -0.255 e. The molecule has 0 amide bonds. The van der Waals surface area contributed by atoms with Crippen molar-refractivity contribution in [3.8, 4) is 0 Å². The monoisotopic (exact) mass is 182 g/mol. The molecule has 0 aromatic heterocycles. The van der Waals surface area contributed by atoms with Gasteiger partial charge in [-0.1, -0.05) is 25.7 Å². The summed E-state index contributed by atoms with van der Waals surface area (Å²) < 4.78 is 0. The fourth-order valence-corrected chi connectivity index (χ4v) is 2.77. The largest absolute Gasteiger partial charge is 0.255 e. The molecule has 0 aliphatic heterocycles. The van der Waals surface area contributed by atoms with Gasteiger partial charge in [0.25, 0.3) is 0 Å². The van der Waals surface area contributed by atoms with Crippen molar-refractivity contribution >= 4 is 0 Å². The van der Waals surface area contributed by atoms with Crippen LogP contribution >= 0.6 is 0 Å². The molecule has 3 heteroatoms. The highest BCUT2D eigenvalue weighted by atomic mass is 16.3. The van der Waals surface area contributed by atoms with Crippen LogP contribution in [0.2, 0.25) is 0 Å². The topological polar surface area (TPSA) is 32.7 Å². The highest BCUT2D eigenvalue weighted by Gasteiger charge is 2.30. The normalized spacial score (nSPS) is 25.2. The van der Waals surface area contributed by atoms with Gasteiger partial charge in [0.1, 0.15) is 0 Å². The van der Waals surface area contributed by atoms with Crippen LogP contribution in [-0.2, 0) is 0 Å². The van der Waals surface area contributed by atoms with E-state index in [4.69, 9.17) is 0 Å². The Kier molecular flexibility index (Phi) is 2.81. The third kappa shape index (κ3) is 1.84. The maximum Gasteiger partial charge on any atom is 0.0529 e. The van der Waals surface area contributed by atoms with Crippen LogP contribution in [0.5, 0.6) is 0 Å². The molecule has 2 aliphatic rings. The Labute approximate surface area is 79.4 Å². The zero-order valence-corrected chi connectivity index (χ0v) is 8.11. The van der Waals surface area contributed by atoms with E-state index in [1.807, 2.05) is 5.01 Å². The SMILES string of the molecule is O=NN(C1CCCC1)C1CCCC1. The van der Waals surface area contributed by atoms with Crippen LogP contribution in [-0.4, -0.2) is 17.1 Å². The van der Waals surface area contributed by atoms with E-state index in [1.165, 1.54) is 51.4 Å². The first kappa shape index (κ1) is 8.97. The zero-order valence-electron chi connectivity index (χ0n) is 8.11. The molecule has 2 rings (SSSR count). The van der Waals surface area contributed by atoms with Crippen LogP contribution in [0.3, 0.4) is 0 Å². The lowest BCUT2D eigenvalue weighted by Gasteiger charge is -2.28.